The third kappa shape index (κ3) is 5.61. The number of carbonyl (C=O) groups is 1. The molecule has 0 aromatic heterocycles. The Hall–Kier alpha value is -3.39. The molecule has 0 aliphatic rings. The number of rotatable bonds is 7. The number of anilines is 2. The minimum absolute atomic E-state index is 0.0616. The molecule has 0 bridgehead atoms. The Morgan fingerprint density at radius 3 is 2.35 bits per heavy atom. The maximum atomic E-state index is 13.7. The second-order valence-electron chi connectivity index (χ2n) is 7.13. The molecular formula is C23H23FN2O4S. The topological polar surface area (TPSA) is 84.5 Å². The summed E-state index contributed by atoms with van der Waals surface area (Å²) in [6.07, 6.45) is -0.758. The van der Waals surface area contributed by atoms with Crippen LogP contribution in [0.4, 0.5) is 15.8 Å². The molecule has 3 aromatic carbocycles. The lowest BCUT2D eigenvalue weighted by Gasteiger charge is -2.17. The van der Waals surface area contributed by atoms with E-state index in [2.05, 4.69) is 10.0 Å². The zero-order valence-corrected chi connectivity index (χ0v) is 18.2. The lowest BCUT2D eigenvalue weighted by Crippen LogP contribution is -2.30. The second-order valence-corrected chi connectivity index (χ2v) is 8.81. The van der Waals surface area contributed by atoms with Crippen LogP contribution in [0.5, 0.6) is 5.75 Å². The van der Waals surface area contributed by atoms with E-state index in [1.54, 1.807) is 6.92 Å². The van der Waals surface area contributed by atoms with Crippen LogP contribution in [0, 0.1) is 19.7 Å². The van der Waals surface area contributed by atoms with Crippen molar-refractivity contribution in [2.45, 2.75) is 31.8 Å². The number of aryl methyl sites for hydroxylation is 2. The number of amides is 1. The first-order valence-electron chi connectivity index (χ1n) is 9.58. The molecule has 6 nitrogen and oxygen atoms in total. The van der Waals surface area contributed by atoms with Gasteiger partial charge in [-0.3, -0.25) is 9.52 Å². The van der Waals surface area contributed by atoms with E-state index in [1.165, 1.54) is 42.5 Å². The highest BCUT2D eigenvalue weighted by Crippen LogP contribution is 2.22. The van der Waals surface area contributed by atoms with Crippen LogP contribution in [-0.4, -0.2) is 20.4 Å². The summed E-state index contributed by atoms with van der Waals surface area (Å²) in [6.45, 7) is 5.47. The summed E-state index contributed by atoms with van der Waals surface area (Å²) < 4.78 is 46.7. The zero-order chi connectivity index (χ0) is 22.6. The second kappa shape index (κ2) is 9.18. The average Bonchev–Trinajstić information content (AvgIpc) is 2.72. The van der Waals surface area contributed by atoms with E-state index in [4.69, 9.17) is 4.74 Å². The van der Waals surface area contributed by atoms with Gasteiger partial charge < -0.3 is 10.1 Å². The predicted octanol–water partition coefficient (Wildman–Crippen LogP) is 4.65. The molecule has 1 unspecified atom stereocenters. The van der Waals surface area contributed by atoms with E-state index in [1.807, 2.05) is 32.0 Å². The van der Waals surface area contributed by atoms with Crippen molar-refractivity contribution < 1.29 is 22.3 Å². The maximum Gasteiger partial charge on any atom is 0.265 e. The van der Waals surface area contributed by atoms with Gasteiger partial charge in [0.1, 0.15) is 11.6 Å². The van der Waals surface area contributed by atoms with E-state index >= 15 is 0 Å². The molecule has 0 spiro atoms. The van der Waals surface area contributed by atoms with Crippen LogP contribution in [0.15, 0.2) is 71.6 Å². The number of hydrogen-bond donors (Lipinski definition) is 2. The Bertz CT molecular complexity index is 1190. The lowest BCUT2D eigenvalue weighted by atomic mass is 10.1. The van der Waals surface area contributed by atoms with E-state index in [0.717, 1.165) is 17.2 Å². The number of sulfonamides is 1. The van der Waals surface area contributed by atoms with Crippen LogP contribution >= 0.6 is 0 Å². The average molecular weight is 443 g/mol. The SMILES string of the molecule is Cc1ccc(C)c(OC(C)C(=O)Nc2ccc(S(=O)(=O)Nc3ccccc3F)cc2)c1. The van der Waals surface area contributed by atoms with Gasteiger partial charge in [0, 0.05) is 5.69 Å². The third-order valence-electron chi connectivity index (χ3n) is 4.57. The molecule has 162 valence electrons. The number of nitrogens with one attached hydrogen (secondary N) is 2. The molecule has 31 heavy (non-hydrogen) atoms. The van der Waals surface area contributed by atoms with Gasteiger partial charge >= 0.3 is 0 Å². The van der Waals surface area contributed by atoms with Crippen LogP contribution in [0.2, 0.25) is 0 Å². The van der Waals surface area contributed by atoms with Crippen molar-refractivity contribution in [2.24, 2.45) is 0 Å². The number of halogens is 1. The van der Waals surface area contributed by atoms with Crippen LogP contribution in [0.3, 0.4) is 0 Å². The first kappa shape index (κ1) is 22.3. The van der Waals surface area contributed by atoms with Gasteiger partial charge in [0.05, 0.1) is 10.6 Å². The first-order valence-corrected chi connectivity index (χ1v) is 11.1. The smallest absolute Gasteiger partial charge is 0.265 e. The molecule has 0 saturated heterocycles. The van der Waals surface area contributed by atoms with Crippen molar-refractivity contribution >= 4 is 27.3 Å². The number of hydrogen-bond acceptors (Lipinski definition) is 4. The lowest BCUT2D eigenvalue weighted by molar-refractivity contribution is -0.122. The van der Waals surface area contributed by atoms with Crippen molar-refractivity contribution in [3.8, 4) is 5.75 Å². The summed E-state index contributed by atoms with van der Waals surface area (Å²) >= 11 is 0. The van der Waals surface area contributed by atoms with Gasteiger partial charge in [-0.2, -0.15) is 0 Å². The van der Waals surface area contributed by atoms with Crippen LogP contribution in [0.1, 0.15) is 18.1 Å². The minimum Gasteiger partial charge on any atom is -0.481 e. The Kier molecular flexibility index (Phi) is 6.60. The molecule has 0 fully saturated rings. The van der Waals surface area contributed by atoms with Crippen LogP contribution in [-0.2, 0) is 14.8 Å². The highest BCUT2D eigenvalue weighted by atomic mass is 32.2. The monoisotopic (exact) mass is 442 g/mol. The van der Waals surface area contributed by atoms with Gasteiger partial charge in [0.15, 0.2) is 6.10 Å². The van der Waals surface area contributed by atoms with Crippen molar-refractivity contribution in [2.75, 3.05) is 10.0 Å². The molecule has 0 radical (unpaired) electrons. The summed E-state index contributed by atoms with van der Waals surface area (Å²) in [6, 6.07) is 16.8. The fourth-order valence-corrected chi connectivity index (χ4v) is 3.85. The Labute approximate surface area is 181 Å². The molecular weight excluding hydrogens is 419 g/mol. The van der Waals surface area contributed by atoms with Crippen molar-refractivity contribution in [1.82, 2.24) is 0 Å². The number of para-hydroxylation sites is 1. The normalized spacial score (nSPS) is 12.1. The van der Waals surface area contributed by atoms with Gasteiger partial charge in [-0.1, -0.05) is 24.3 Å². The highest BCUT2D eigenvalue weighted by molar-refractivity contribution is 7.92. The molecule has 3 aromatic rings. The van der Waals surface area contributed by atoms with E-state index in [-0.39, 0.29) is 16.5 Å². The van der Waals surface area contributed by atoms with Gasteiger partial charge in [0.2, 0.25) is 0 Å². The van der Waals surface area contributed by atoms with Gasteiger partial charge in [-0.25, -0.2) is 12.8 Å². The van der Waals surface area contributed by atoms with E-state index in [0.29, 0.717) is 11.4 Å². The zero-order valence-electron chi connectivity index (χ0n) is 17.3. The number of ether oxygens (including phenoxy) is 1. The fraction of sp³-hybridized carbons (Fsp3) is 0.174. The number of carbonyl (C=O) groups excluding carboxylic acids is 1. The summed E-state index contributed by atoms with van der Waals surface area (Å²) in [4.78, 5) is 12.4. The van der Waals surface area contributed by atoms with E-state index < -0.39 is 21.9 Å². The summed E-state index contributed by atoms with van der Waals surface area (Å²) in [5.41, 5.74) is 2.21. The van der Waals surface area contributed by atoms with Crippen LogP contribution < -0.4 is 14.8 Å². The van der Waals surface area contributed by atoms with Crippen LogP contribution in [0.25, 0.3) is 0 Å². The molecule has 0 aliphatic heterocycles. The van der Waals surface area contributed by atoms with Gasteiger partial charge in [0.25, 0.3) is 15.9 Å². The molecule has 2 N–H and O–H groups in total. The van der Waals surface area contributed by atoms with E-state index in [9.17, 15) is 17.6 Å². The highest BCUT2D eigenvalue weighted by Gasteiger charge is 2.18. The Morgan fingerprint density at radius 1 is 1.00 bits per heavy atom. The number of benzene rings is 3. The molecule has 1 atom stereocenters. The predicted molar refractivity (Wildman–Crippen MR) is 118 cm³/mol. The minimum atomic E-state index is -3.97. The summed E-state index contributed by atoms with van der Waals surface area (Å²) in [5.74, 6) is -0.419. The largest absolute Gasteiger partial charge is 0.481 e. The maximum absolute atomic E-state index is 13.7. The quantitative estimate of drug-likeness (QED) is 0.558. The molecule has 8 heteroatoms. The Morgan fingerprint density at radius 2 is 1.68 bits per heavy atom. The molecule has 3 rings (SSSR count). The molecule has 0 aliphatic carbocycles. The summed E-state index contributed by atoms with van der Waals surface area (Å²) in [7, 11) is -3.97. The first-order chi connectivity index (χ1) is 14.7. The van der Waals surface area contributed by atoms with Crippen molar-refractivity contribution in [3.63, 3.8) is 0 Å². The standard InChI is InChI=1S/C23H23FN2O4S/c1-15-8-9-16(2)22(14-15)30-17(3)23(27)25-18-10-12-19(13-11-18)31(28,29)26-21-7-5-4-6-20(21)24/h4-14,17,26H,1-3H3,(H,25,27). The van der Waals surface area contributed by atoms with Gasteiger partial charge in [-0.15, -0.1) is 0 Å². The fourth-order valence-electron chi connectivity index (χ4n) is 2.79. The Balaban J connectivity index is 1.66. The molecule has 0 saturated carbocycles. The van der Waals surface area contributed by atoms with Crippen molar-refractivity contribution in [3.05, 3.63) is 83.7 Å². The van der Waals surface area contributed by atoms with Gasteiger partial charge in [-0.05, 0) is 74.4 Å². The van der Waals surface area contributed by atoms with Crippen molar-refractivity contribution in [1.29, 1.82) is 0 Å². The summed E-state index contributed by atoms with van der Waals surface area (Å²) in [5, 5.41) is 2.69. The molecule has 0 heterocycles. The molecule has 1 amide bonds. The third-order valence-corrected chi connectivity index (χ3v) is 5.95.